The van der Waals surface area contributed by atoms with Crippen molar-refractivity contribution in [1.82, 2.24) is 4.90 Å². The van der Waals surface area contributed by atoms with Gasteiger partial charge in [-0.1, -0.05) is 24.3 Å². The number of carbonyl (C=O) groups is 1. The molecule has 1 saturated carbocycles. The number of Topliss-reactive ketones (excluding diaryl/α,β-unsaturated/α-hetero) is 1. The van der Waals surface area contributed by atoms with Crippen molar-refractivity contribution >= 4 is 5.78 Å². The molecule has 2 aliphatic carbocycles. The predicted molar refractivity (Wildman–Crippen MR) is 108 cm³/mol. The molecule has 4 nitrogen and oxygen atoms in total. The Labute approximate surface area is 166 Å². The summed E-state index contributed by atoms with van der Waals surface area (Å²) in [5.74, 6) is 3.27. The summed E-state index contributed by atoms with van der Waals surface area (Å²) in [7, 11) is 3.93. The van der Waals surface area contributed by atoms with Crippen molar-refractivity contribution in [2.75, 3.05) is 20.7 Å². The largest absolute Gasteiger partial charge is 0.493 e. The quantitative estimate of drug-likeness (QED) is 0.797. The molecule has 0 aromatic heterocycles. The maximum Gasteiger partial charge on any atom is 0.173 e. The molecular formula is C24H27NO3. The summed E-state index contributed by atoms with van der Waals surface area (Å²) >= 11 is 0. The number of benzene rings is 2. The lowest BCUT2D eigenvalue weighted by Crippen LogP contribution is -2.61. The lowest BCUT2D eigenvalue weighted by atomic mass is 9.52. The van der Waals surface area contributed by atoms with Gasteiger partial charge >= 0.3 is 0 Å². The second-order valence-electron chi connectivity index (χ2n) is 8.57. The van der Waals surface area contributed by atoms with Crippen LogP contribution < -0.4 is 9.47 Å². The van der Waals surface area contributed by atoms with Crippen LogP contribution in [0.5, 0.6) is 17.2 Å². The highest BCUT2D eigenvalue weighted by atomic mass is 16.5. The highest BCUT2D eigenvalue weighted by Gasteiger charge is 2.56. The minimum Gasteiger partial charge on any atom is -0.493 e. The van der Waals surface area contributed by atoms with Crippen LogP contribution in [0.1, 0.15) is 36.8 Å². The number of ketones is 1. The Balaban J connectivity index is 1.72. The first-order valence-corrected chi connectivity index (χ1v) is 10.3. The number of methoxy groups -OCH3 is 1. The number of carbonyl (C=O) groups excluding carboxylic acids is 1. The van der Waals surface area contributed by atoms with E-state index in [1.54, 1.807) is 7.11 Å². The van der Waals surface area contributed by atoms with Gasteiger partial charge in [-0.3, -0.25) is 4.79 Å². The fraction of sp³-hybridized carbons (Fsp3) is 0.458. The molecule has 4 heteroatoms. The molecule has 3 aliphatic rings. The van der Waals surface area contributed by atoms with Gasteiger partial charge in [0, 0.05) is 29.9 Å². The van der Waals surface area contributed by atoms with Crippen LogP contribution in [0.25, 0.3) is 0 Å². The number of rotatable bonds is 3. The molecule has 0 spiro atoms. The average molecular weight is 377 g/mol. The van der Waals surface area contributed by atoms with Crippen LogP contribution in [0.2, 0.25) is 0 Å². The number of likely N-dealkylation sites (tertiary alicyclic amines) is 1. The summed E-state index contributed by atoms with van der Waals surface area (Å²) in [6.07, 6.45) is 4.34. The fourth-order valence-electron chi connectivity index (χ4n) is 5.96. The molecule has 3 atom stereocenters. The van der Waals surface area contributed by atoms with E-state index in [9.17, 15) is 4.79 Å². The molecule has 0 amide bonds. The summed E-state index contributed by atoms with van der Waals surface area (Å²) < 4.78 is 12.2. The average Bonchev–Trinajstić information content (AvgIpc) is 2.71. The Bertz CT molecular complexity index is 910. The maximum atomic E-state index is 12.6. The van der Waals surface area contributed by atoms with Crippen molar-refractivity contribution in [3.8, 4) is 17.2 Å². The molecule has 5 rings (SSSR count). The Morgan fingerprint density at radius 2 is 1.96 bits per heavy atom. The van der Waals surface area contributed by atoms with E-state index in [0.717, 1.165) is 43.1 Å². The number of nitrogens with zero attached hydrogens (tertiary/aromatic N) is 1. The third kappa shape index (κ3) is 2.58. The summed E-state index contributed by atoms with van der Waals surface area (Å²) in [6.45, 7) is 1.02. The Hall–Kier alpha value is -2.33. The van der Waals surface area contributed by atoms with Crippen molar-refractivity contribution in [2.24, 2.45) is 5.92 Å². The van der Waals surface area contributed by atoms with E-state index in [4.69, 9.17) is 9.47 Å². The van der Waals surface area contributed by atoms with Gasteiger partial charge in [-0.05, 0) is 62.5 Å². The van der Waals surface area contributed by atoms with Crippen molar-refractivity contribution in [1.29, 1.82) is 0 Å². The lowest BCUT2D eigenvalue weighted by Gasteiger charge is -2.58. The monoisotopic (exact) mass is 377 g/mol. The van der Waals surface area contributed by atoms with E-state index < -0.39 is 0 Å². The topological polar surface area (TPSA) is 38.8 Å². The molecule has 0 radical (unpaired) electrons. The van der Waals surface area contributed by atoms with Gasteiger partial charge in [0.2, 0.25) is 0 Å². The molecule has 1 aliphatic heterocycles. The summed E-state index contributed by atoms with van der Waals surface area (Å²) in [4.78, 5) is 15.1. The Kier molecular flexibility index (Phi) is 4.20. The smallest absolute Gasteiger partial charge is 0.173 e. The first-order valence-electron chi connectivity index (χ1n) is 10.3. The molecule has 146 valence electrons. The lowest BCUT2D eigenvalue weighted by molar-refractivity contribution is -0.126. The summed E-state index contributed by atoms with van der Waals surface area (Å²) in [5, 5.41) is 0. The van der Waals surface area contributed by atoms with Crippen molar-refractivity contribution in [3.63, 3.8) is 0 Å². The molecule has 1 saturated heterocycles. The zero-order valence-electron chi connectivity index (χ0n) is 16.6. The molecular weight excluding hydrogens is 350 g/mol. The molecule has 2 aromatic carbocycles. The number of para-hydroxylation sites is 1. The zero-order valence-corrected chi connectivity index (χ0v) is 16.6. The van der Waals surface area contributed by atoms with Crippen LogP contribution in [-0.2, 0) is 16.6 Å². The number of hydrogen-bond donors (Lipinski definition) is 0. The van der Waals surface area contributed by atoms with Gasteiger partial charge in [0.05, 0.1) is 7.11 Å². The van der Waals surface area contributed by atoms with E-state index in [-0.39, 0.29) is 5.41 Å². The number of piperidine rings is 1. The van der Waals surface area contributed by atoms with Crippen molar-refractivity contribution in [3.05, 3.63) is 53.6 Å². The predicted octanol–water partition coefficient (Wildman–Crippen LogP) is 4.35. The van der Waals surface area contributed by atoms with Gasteiger partial charge in [-0.2, -0.15) is 0 Å². The van der Waals surface area contributed by atoms with Gasteiger partial charge in [-0.25, -0.2) is 0 Å². The Morgan fingerprint density at radius 1 is 1.14 bits per heavy atom. The summed E-state index contributed by atoms with van der Waals surface area (Å²) in [6, 6.07) is 14.6. The highest BCUT2D eigenvalue weighted by Crippen LogP contribution is 2.59. The number of ether oxygens (including phenoxy) is 2. The van der Waals surface area contributed by atoms with Crippen LogP contribution in [-0.4, -0.2) is 37.4 Å². The second-order valence-corrected chi connectivity index (χ2v) is 8.57. The third-order valence-electron chi connectivity index (χ3n) is 7.22. The molecule has 2 aromatic rings. The van der Waals surface area contributed by atoms with Gasteiger partial charge in [0.15, 0.2) is 11.5 Å². The first kappa shape index (κ1) is 17.7. The van der Waals surface area contributed by atoms with Crippen LogP contribution in [0, 0.1) is 5.92 Å². The first-order chi connectivity index (χ1) is 13.6. The zero-order chi connectivity index (χ0) is 19.3. The van der Waals surface area contributed by atoms with Gasteiger partial charge < -0.3 is 14.4 Å². The minimum atomic E-state index is -0.126. The van der Waals surface area contributed by atoms with Gasteiger partial charge in [-0.15, -0.1) is 0 Å². The van der Waals surface area contributed by atoms with Crippen LogP contribution in [0.4, 0.5) is 0 Å². The van der Waals surface area contributed by atoms with Crippen LogP contribution >= 0.6 is 0 Å². The van der Waals surface area contributed by atoms with Gasteiger partial charge in [0.25, 0.3) is 0 Å². The van der Waals surface area contributed by atoms with Gasteiger partial charge in [0.1, 0.15) is 11.5 Å². The molecule has 1 heterocycles. The van der Waals surface area contributed by atoms with E-state index >= 15 is 0 Å². The van der Waals surface area contributed by atoms with E-state index in [1.807, 2.05) is 36.4 Å². The second kappa shape index (κ2) is 6.63. The van der Waals surface area contributed by atoms with E-state index in [1.165, 1.54) is 11.1 Å². The minimum absolute atomic E-state index is 0.126. The van der Waals surface area contributed by atoms with E-state index in [0.29, 0.717) is 30.6 Å². The SMILES string of the molecule is COc1ccc2c(c1Oc1ccccc1)C13CCN(C)C(C2)C1CCC(=O)C3. The highest BCUT2D eigenvalue weighted by molar-refractivity contribution is 5.82. The number of likely N-dealkylation sites (N-methyl/N-ethyl adjacent to an activating group) is 1. The normalized spacial score (nSPS) is 29.0. The maximum absolute atomic E-state index is 12.6. The number of hydrogen-bond acceptors (Lipinski definition) is 4. The standard InChI is InChI=1S/C24H27NO3/c1-25-13-12-24-15-17(26)9-10-19(24)20(25)14-16-8-11-21(27-2)23(22(16)24)28-18-6-4-3-5-7-18/h3-8,11,19-20H,9-10,12-15H2,1-2H3. The van der Waals surface area contributed by atoms with Crippen molar-refractivity contribution < 1.29 is 14.3 Å². The van der Waals surface area contributed by atoms with Crippen molar-refractivity contribution in [2.45, 2.75) is 43.6 Å². The molecule has 28 heavy (non-hydrogen) atoms. The third-order valence-corrected chi connectivity index (χ3v) is 7.22. The Morgan fingerprint density at radius 3 is 2.75 bits per heavy atom. The molecule has 3 unspecified atom stereocenters. The van der Waals surface area contributed by atoms with Crippen LogP contribution in [0.3, 0.4) is 0 Å². The molecule has 0 N–H and O–H groups in total. The van der Waals surface area contributed by atoms with Crippen LogP contribution in [0.15, 0.2) is 42.5 Å². The molecule has 2 fully saturated rings. The number of fused-ring (bicyclic) bond motifs is 1. The fourth-order valence-corrected chi connectivity index (χ4v) is 5.96. The summed E-state index contributed by atoms with van der Waals surface area (Å²) in [5.41, 5.74) is 2.42. The van der Waals surface area contributed by atoms with E-state index in [2.05, 4.69) is 18.0 Å². The molecule has 2 bridgehead atoms.